The number of hydrogen-bond acceptors (Lipinski definition) is 4. The van der Waals surface area contributed by atoms with Crippen molar-refractivity contribution in [2.45, 2.75) is 40.3 Å². The average molecular weight is 449 g/mol. The number of benzene rings is 2. The van der Waals surface area contributed by atoms with Gasteiger partial charge in [-0.1, -0.05) is 88.4 Å². The minimum absolute atomic E-state index is 0.0247. The summed E-state index contributed by atoms with van der Waals surface area (Å²) >= 11 is 0. The van der Waals surface area contributed by atoms with Crippen molar-refractivity contribution >= 4 is 5.91 Å². The molecule has 3 aromatic rings. The second-order valence-corrected chi connectivity index (χ2v) is 9.28. The third kappa shape index (κ3) is 6.30. The standard InChI is InChI=1S/C25H29N3O2.C2H7N/c1-25(2,3)23(28-14-15-30-18-22(28)29)24-26-21(20-12-8-5-9-13-20)17-27(24)16-19-10-6-4-7-11-19;1-2-3/h4-13,17,23H,14-16,18H2,1-3H3;2-3H2,1H3. The molecular formula is C27H36N4O2. The van der Waals surface area contributed by atoms with Crippen LogP contribution < -0.4 is 5.73 Å². The van der Waals surface area contributed by atoms with Gasteiger partial charge in [-0.2, -0.15) is 0 Å². The maximum Gasteiger partial charge on any atom is 0.249 e. The SMILES string of the molecule is CC(C)(C)C(c1nc(-c2ccccc2)cn1Cc1ccccc1)N1CCOCC1=O.CCN. The first-order valence-electron chi connectivity index (χ1n) is 11.6. The first-order valence-corrected chi connectivity index (χ1v) is 11.6. The lowest BCUT2D eigenvalue weighted by Gasteiger charge is -2.41. The zero-order valence-corrected chi connectivity index (χ0v) is 20.2. The zero-order chi connectivity index (χ0) is 23.8. The number of rotatable bonds is 5. The first-order chi connectivity index (χ1) is 15.8. The average Bonchev–Trinajstić information content (AvgIpc) is 3.19. The molecule has 1 aliphatic rings. The Balaban J connectivity index is 0.000000968. The number of morpholine rings is 1. The van der Waals surface area contributed by atoms with Crippen molar-refractivity contribution in [2.24, 2.45) is 11.1 Å². The summed E-state index contributed by atoms with van der Waals surface area (Å²) in [5.74, 6) is 0.942. The summed E-state index contributed by atoms with van der Waals surface area (Å²) in [5, 5.41) is 0. The Bertz CT molecular complexity index is 1010. The Labute approximate surface area is 197 Å². The number of carbonyl (C=O) groups excluding carboxylic acids is 1. The molecule has 2 aromatic carbocycles. The molecule has 2 N–H and O–H groups in total. The number of nitrogens with two attached hydrogens (primary N) is 1. The van der Waals surface area contributed by atoms with E-state index in [0.29, 0.717) is 19.7 Å². The number of carbonyl (C=O) groups is 1. The molecule has 1 atom stereocenters. The lowest BCUT2D eigenvalue weighted by atomic mass is 9.84. The summed E-state index contributed by atoms with van der Waals surface area (Å²) in [6, 6.07) is 20.4. The maximum atomic E-state index is 12.8. The number of ether oxygens (including phenoxy) is 1. The van der Waals surface area contributed by atoms with Crippen LogP contribution >= 0.6 is 0 Å². The normalized spacial score (nSPS) is 15.1. The second kappa shape index (κ2) is 11.3. The lowest BCUT2D eigenvalue weighted by Crippen LogP contribution is -2.48. The number of imidazole rings is 1. The van der Waals surface area contributed by atoms with E-state index in [-0.39, 0.29) is 24.0 Å². The van der Waals surface area contributed by atoms with Crippen LogP contribution in [0.1, 0.15) is 45.1 Å². The van der Waals surface area contributed by atoms with Crippen LogP contribution in [-0.2, 0) is 16.1 Å². The van der Waals surface area contributed by atoms with Gasteiger partial charge in [-0.05, 0) is 17.5 Å². The summed E-state index contributed by atoms with van der Waals surface area (Å²) in [7, 11) is 0. The highest BCUT2D eigenvalue weighted by Gasteiger charge is 2.39. The van der Waals surface area contributed by atoms with E-state index in [1.54, 1.807) is 0 Å². The highest BCUT2D eigenvalue weighted by Crippen LogP contribution is 2.39. The molecule has 33 heavy (non-hydrogen) atoms. The summed E-state index contributed by atoms with van der Waals surface area (Å²) in [5.41, 5.74) is 7.88. The van der Waals surface area contributed by atoms with E-state index in [2.05, 4.69) is 67.9 Å². The van der Waals surface area contributed by atoms with Gasteiger partial charge in [0, 0.05) is 24.8 Å². The molecule has 0 saturated carbocycles. The highest BCUT2D eigenvalue weighted by molar-refractivity contribution is 5.78. The van der Waals surface area contributed by atoms with Gasteiger partial charge in [0.25, 0.3) is 0 Å². The molecule has 1 amide bonds. The second-order valence-electron chi connectivity index (χ2n) is 9.28. The van der Waals surface area contributed by atoms with Gasteiger partial charge < -0.3 is 19.9 Å². The Kier molecular flexibility index (Phi) is 8.42. The molecule has 176 valence electrons. The monoisotopic (exact) mass is 448 g/mol. The van der Waals surface area contributed by atoms with Crippen LogP contribution in [0.15, 0.2) is 66.9 Å². The molecule has 6 heteroatoms. The molecule has 0 radical (unpaired) electrons. The van der Waals surface area contributed by atoms with Crippen LogP contribution in [0, 0.1) is 5.41 Å². The van der Waals surface area contributed by atoms with Crippen LogP contribution in [0.4, 0.5) is 0 Å². The van der Waals surface area contributed by atoms with E-state index in [1.807, 2.05) is 36.1 Å². The fourth-order valence-corrected chi connectivity index (χ4v) is 4.10. The Morgan fingerprint density at radius 2 is 1.67 bits per heavy atom. The molecule has 1 unspecified atom stereocenters. The maximum absolute atomic E-state index is 12.8. The molecule has 0 spiro atoms. The molecule has 1 aliphatic heterocycles. The van der Waals surface area contributed by atoms with E-state index in [0.717, 1.165) is 23.6 Å². The molecule has 2 heterocycles. The Morgan fingerprint density at radius 1 is 1.06 bits per heavy atom. The topological polar surface area (TPSA) is 73.4 Å². The minimum atomic E-state index is -0.180. The third-order valence-corrected chi connectivity index (χ3v) is 5.47. The van der Waals surface area contributed by atoms with Crippen LogP contribution in [0.5, 0.6) is 0 Å². The fraction of sp³-hybridized carbons (Fsp3) is 0.407. The number of amides is 1. The van der Waals surface area contributed by atoms with Crippen LogP contribution in [0.3, 0.4) is 0 Å². The quantitative estimate of drug-likeness (QED) is 0.623. The molecule has 1 aromatic heterocycles. The van der Waals surface area contributed by atoms with Crippen LogP contribution in [-0.4, -0.2) is 46.7 Å². The summed E-state index contributed by atoms with van der Waals surface area (Å²) in [6.45, 7) is 11.2. The first kappa shape index (κ1) is 24.7. The zero-order valence-electron chi connectivity index (χ0n) is 20.2. The summed E-state index contributed by atoms with van der Waals surface area (Å²) in [4.78, 5) is 19.8. The molecule has 4 rings (SSSR count). The molecule has 1 fully saturated rings. The molecule has 1 saturated heterocycles. The Morgan fingerprint density at radius 3 is 2.24 bits per heavy atom. The molecule has 0 bridgehead atoms. The summed E-state index contributed by atoms with van der Waals surface area (Å²) in [6.07, 6.45) is 2.11. The van der Waals surface area contributed by atoms with Gasteiger partial charge in [0.15, 0.2) is 0 Å². The van der Waals surface area contributed by atoms with Crippen molar-refractivity contribution in [2.75, 3.05) is 26.3 Å². The van der Waals surface area contributed by atoms with Gasteiger partial charge in [-0.25, -0.2) is 4.98 Å². The largest absolute Gasteiger partial charge is 0.370 e. The van der Waals surface area contributed by atoms with Gasteiger partial charge in [0.1, 0.15) is 12.4 Å². The van der Waals surface area contributed by atoms with E-state index in [4.69, 9.17) is 15.5 Å². The van der Waals surface area contributed by atoms with Crippen molar-refractivity contribution in [3.63, 3.8) is 0 Å². The van der Waals surface area contributed by atoms with E-state index in [9.17, 15) is 4.79 Å². The molecule has 0 aliphatic carbocycles. The van der Waals surface area contributed by atoms with Gasteiger partial charge >= 0.3 is 0 Å². The highest BCUT2D eigenvalue weighted by atomic mass is 16.5. The van der Waals surface area contributed by atoms with Crippen molar-refractivity contribution in [1.29, 1.82) is 0 Å². The van der Waals surface area contributed by atoms with Gasteiger partial charge in [0.05, 0.1) is 18.3 Å². The van der Waals surface area contributed by atoms with E-state index >= 15 is 0 Å². The van der Waals surface area contributed by atoms with Crippen LogP contribution in [0.25, 0.3) is 11.3 Å². The number of aromatic nitrogens is 2. The van der Waals surface area contributed by atoms with E-state index in [1.165, 1.54) is 5.56 Å². The lowest BCUT2D eigenvalue weighted by molar-refractivity contribution is -0.149. The van der Waals surface area contributed by atoms with Crippen molar-refractivity contribution in [3.8, 4) is 11.3 Å². The van der Waals surface area contributed by atoms with Crippen molar-refractivity contribution < 1.29 is 9.53 Å². The summed E-state index contributed by atoms with van der Waals surface area (Å²) < 4.78 is 7.60. The fourth-order valence-electron chi connectivity index (χ4n) is 4.10. The van der Waals surface area contributed by atoms with Crippen LogP contribution in [0.2, 0.25) is 0 Å². The van der Waals surface area contributed by atoms with Gasteiger partial charge in [0.2, 0.25) is 5.91 Å². The predicted molar refractivity (Wildman–Crippen MR) is 133 cm³/mol. The Hall–Kier alpha value is -2.96. The molecular weight excluding hydrogens is 412 g/mol. The third-order valence-electron chi connectivity index (χ3n) is 5.47. The van der Waals surface area contributed by atoms with Gasteiger partial charge in [-0.3, -0.25) is 4.79 Å². The smallest absolute Gasteiger partial charge is 0.249 e. The predicted octanol–water partition coefficient (Wildman–Crippen LogP) is 4.51. The minimum Gasteiger partial charge on any atom is -0.370 e. The number of hydrogen-bond donors (Lipinski definition) is 1. The van der Waals surface area contributed by atoms with Crippen molar-refractivity contribution in [1.82, 2.24) is 14.5 Å². The van der Waals surface area contributed by atoms with Gasteiger partial charge in [-0.15, -0.1) is 0 Å². The van der Waals surface area contributed by atoms with Crippen molar-refractivity contribution in [3.05, 3.63) is 78.2 Å². The number of nitrogens with zero attached hydrogens (tertiary/aromatic N) is 3. The van der Waals surface area contributed by atoms with E-state index < -0.39 is 0 Å². The molecule has 6 nitrogen and oxygen atoms in total.